The van der Waals surface area contributed by atoms with Crippen molar-refractivity contribution < 1.29 is 8.78 Å². The van der Waals surface area contributed by atoms with Gasteiger partial charge in [-0.05, 0) is 24.5 Å². The van der Waals surface area contributed by atoms with Gasteiger partial charge in [-0.15, -0.1) is 0 Å². The molecule has 1 aliphatic rings. The third-order valence-electron chi connectivity index (χ3n) is 2.42. The summed E-state index contributed by atoms with van der Waals surface area (Å²) < 4.78 is 25.5. The van der Waals surface area contributed by atoms with Crippen LogP contribution in [0.1, 0.15) is 18.4 Å². The van der Waals surface area contributed by atoms with Crippen molar-refractivity contribution in [1.82, 2.24) is 0 Å². The molecule has 1 aromatic carbocycles. The van der Waals surface area contributed by atoms with Gasteiger partial charge in [-0.1, -0.05) is 0 Å². The van der Waals surface area contributed by atoms with Crippen molar-refractivity contribution in [2.75, 3.05) is 5.73 Å². The molecule has 1 aliphatic carbocycles. The standard InChI is InChI=1S/C9H10F2N2/c10-6-3-5(9(13)1-2-9)8(12)4-7(6)11/h3-4H,1-2,12-13H2. The lowest BCUT2D eigenvalue weighted by Gasteiger charge is -2.12. The van der Waals surface area contributed by atoms with Crippen molar-refractivity contribution >= 4 is 5.69 Å². The average molecular weight is 184 g/mol. The zero-order chi connectivity index (χ0) is 9.64. The van der Waals surface area contributed by atoms with Crippen LogP contribution in [-0.2, 0) is 5.54 Å². The highest BCUT2D eigenvalue weighted by Crippen LogP contribution is 2.45. The second kappa shape index (κ2) is 2.42. The van der Waals surface area contributed by atoms with Crippen molar-refractivity contribution in [3.05, 3.63) is 29.3 Å². The molecule has 13 heavy (non-hydrogen) atoms. The smallest absolute Gasteiger partial charge is 0.160 e. The van der Waals surface area contributed by atoms with Crippen LogP contribution in [-0.4, -0.2) is 0 Å². The molecule has 0 saturated heterocycles. The highest BCUT2D eigenvalue weighted by Gasteiger charge is 2.41. The van der Waals surface area contributed by atoms with Gasteiger partial charge in [0.1, 0.15) is 0 Å². The molecule has 0 unspecified atom stereocenters. The van der Waals surface area contributed by atoms with Gasteiger partial charge in [0.15, 0.2) is 11.6 Å². The zero-order valence-corrected chi connectivity index (χ0v) is 6.98. The molecule has 1 aromatic rings. The second-order valence-corrected chi connectivity index (χ2v) is 3.51. The van der Waals surface area contributed by atoms with E-state index in [-0.39, 0.29) is 5.69 Å². The van der Waals surface area contributed by atoms with E-state index in [0.717, 1.165) is 25.0 Å². The van der Waals surface area contributed by atoms with E-state index in [1.165, 1.54) is 0 Å². The van der Waals surface area contributed by atoms with Crippen LogP contribution in [0.3, 0.4) is 0 Å². The summed E-state index contributed by atoms with van der Waals surface area (Å²) >= 11 is 0. The first kappa shape index (κ1) is 8.44. The van der Waals surface area contributed by atoms with Crippen molar-refractivity contribution in [1.29, 1.82) is 0 Å². The van der Waals surface area contributed by atoms with Crippen LogP contribution in [0.4, 0.5) is 14.5 Å². The number of nitrogens with two attached hydrogens (primary N) is 2. The van der Waals surface area contributed by atoms with Gasteiger partial charge in [0.25, 0.3) is 0 Å². The van der Waals surface area contributed by atoms with E-state index in [9.17, 15) is 8.78 Å². The van der Waals surface area contributed by atoms with Gasteiger partial charge in [-0.2, -0.15) is 0 Å². The largest absolute Gasteiger partial charge is 0.398 e. The molecule has 1 saturated carbocycles. The van der Waals surface area contributed by atoms with Crippen molar-refractivity contribution in [3.63, 3.8) is 0 Å². The van der Waals surface area contributed by atoms with E-state index >= 15 is 0 Å². The van der Waals surface area contributed by atoms with Gasteiger partial charge in [0.05, 0.1) is 0 Å². The lowest BCUT2D eigenvalue weighted by molar-refractivity contribution is 0.505. The van der Waals surface area contributed by atoms with Crippen LogP contribution in [0.5, 0.6) is 0 Å². The molecule has 1 fully saturated rings. The summed E-state index contributed by atoms with van der Waals surface area (Å²) in [6, 6.07) is 2.08. The fourth-order valence-electron chi connectivity index (χ4n) is 1.40. The maximum absolute atomic E-state index is 12.8. The lowest BCUT2D eigenvalue weighted by atomic mass is 10.0. The number of halogens is 2. The summed E-state index contributed by atoms with van der Waals surface area (Å²) in [5.41, 5.74) is 11.6. The van der Waals surface area contributed by atoms with Crippen LogP contribution >= 0.6 is 0 Å². The predicted octanol–water partition coefficient (Wildman–Crippen LogP) is 1.49. The summed E-state index contributed by atoms with van der Waals surface area (Å²) in [7, 11) is 0. The number of hydrogen-bond acceptors (Lipinski definition) is 2. The van der Waals surface area contributed by atoms with Gasteiger partial charge < -0.3 is 11.5 Å². The molecule has 4 heteroatoms. The first-order valence-electron chi connectivity index (χ1n) is 4.07. The van der Waals surface area contributed by atoms with E-state index in [1.54, 1.807) is 0 Å². The third-order valence-corrected chi connectivity index (χ3v) is 2.42. The van der Waals surface area contributed by atoms with E-state index < -0.39 is 17.2 Å². The maximum atomic E-state index is 12.8. The van der Waals surface area contributed by atoms with Crippen molar-refractivity contribution in [2.45, 2.75) is 18.4 Å². The number of benzene rings is 1. The zero-order valence-electron chi connectivity index (χ0n) is 6.98. The SMILES string of the molecule is Nc1cc(F)c(F)cc1C1(N)CC1. The molecule has 0 heterocycles. The maximum Gasteiger partial charge on any atom is 0.160 e. The Morgan fingerprint density at radius 2 is 1.69 bits per heavy atom. The minimum absolute atomic E-state index is 0.235. The van der Waals surface area contributed by atoms with Gasteiger partial charge in [0.2, 0.25) is 0 Å². The minimum atomic E-state index is -0.925. The van der Waals surface area contributed by atoms with Crippen LogP contribution < -0.4 is 11.5 Å². The van der Waals surface area contributed by atoms with Crippen LogP contribution in [0, 0.1) is 11.6 Å². The molecule has 70 valence electrons. The van der Waals surface area contributed by atoms with Gasteiger partial charge in [0, 0.05) is 17.3 Å². The predicted molar refractivity (Wildman–Crippen MR) is 45.9 cm³/mol. The summed E-state index contributed by atoms with van der Waals surface area (Å²) in [4.78, 5) is 0. The monoisotopic (exact) mass is 184 g/mol. The number of hydrogen-bond donors (Lipinski definition) is 2. The van der Waals surface area contributed by atoms with Crippen LogP contribution in [0.2, 0.25) is 0 Å². The molecule has 2 rings (SSSR count). The molecule has 0 radical (unpaired) electrons. The molecular formula is C9H10F2N2. The molecule has 0 amide bonds. The lowest BCUT2D eigenvalue weighted by Crippen LogP contribution is -2.21. The quantitative estimate of drug-likeness (QED) is 0.650. The summed E-state index contributed by atoms with van der Waals surface area (Å²) in [5.74, 6) is -1.81. The fourth-order valence-corrected chi connectivity index (χ4v) is 1.40. The molecule has 2 nitrogen and oxygen atoms in total. The van der Waals surface area contributed by atoms with Crippen molar-refractivity contribution in [3.8, 4) is 0 Å². The molecule has 0 atom stereocenters. The molecule has 0 aliphatic heterocycles. The number of anilines is 1. The van der Waals surface area contributed by atoms with Crippen molar-refractivity contribution in [2.24, 2.45) is 5.73 Å². The molecular weight excluding hydrogens is 174 g/mol. The molecule has 4 N–H and O–H groups in total. The molecule has 0 bridgehead atoms. The Bertz CT molecular complexity index is 359. The Labute approximate surface area is 74.5 Å². The Kier molecular flexibility index (Phi) is 1.57. The number of nitrogen functional groups attached to an aromatic ring is 1. The fraction of sp³-hybridized carbons (Fsp3) is 0.333. The first-order valence-corrected chi connectivity index (χ1v) is 4.07. The second-order valence-electron chi connectivity index (χ2n) is 3.51. The van der Waals surface area contributed by atoms with Gasteiger partial charge >= 0.3 is 0 Å². The Morgan fingerprint density at radius 1 is 1.15 bits per heavy atom. The van der Waals surface area contributed by atoms with E-state index in [4.69, 9.17) is 11.5 Å². The van der Waals surface area contributed by atoms with E-state index in [2.05, 4.69) is 0 Å². The van der Waals surface area contributed by atoms with E-state index in [1.807, 2.05) is 0 Å². The Morgan fingerprint density at radius 3 is 2.23 bits per heavy atom. The van der Waals surface area contributed by atoms with Crippen LogP contribution in [0.25, 0.3) is 0 Å². The Balaban J connectivity index is 2.52. The van der Waals surface area contributed by atoms with Crippen LogP contribution in [0.15, 0.2) is 12.1 Å². The first-order chi connectivity index (χ1) is 6.03. The minimum Gasteiger partial charge on any atom is -0.398 e. The summed E-state index contributed by atoms with van der Waals surface area (Å²) in [6.45, 7) is 0. The highest BCUT2D eigenvalue weighted by molar-refractivity contribution is 5.53. The summed E-state index contributed by atoms with van der Waals surface area (Å²) in [6.07, 6.45) is 1.56. The number of rotatable bonds is 1. The molecule has 0 aromatic heterocycles. The highest BCUT2D eigenvalue weighted by atomic mass is 19.2. The van der Waals surface area contributed by atoms with Gasteiger partial charge in [-0.3, -0.25) is 0 Å². The summed E-state index contributed by atoms with van der Waals surface area (Å²) in [5, 5.41) is 0. The topological polar surface area (TPSA) is 52.0 Å². The third kappa shape index (κ3) is 1.27. The normalized spacial score (nSPS) is 18.7. The average Bonchev–Trinajstić information content (AvgIpc) is 2.77. The van der Waals surface area contributed by atoms with Gasteiger partial charge in [-0.25, -0.2) is 8.78 Å². The van der Waals surface area contributed by atoms with E-state index in [0.29, 0.717) is 5.56 Å². The molecule has 0 spiro atoms. The Hall–Kier alpha value is -1.16.